The highest BCUT2D eigenvalue weighted by molar-refractivity contribution is 5.94. The normalized spacial score (nSPS) is 11.1. The van der Waals surface area contributed by atoms with E-state index in [0.29, 0.717) is 0 Å². The van der Waals surface area contributed by atoms with E-state index in [4.69, 9.17) is 5.73 Å². The Kier molecular flexibility index (Phi) is 5.34. The molecule has 2 aromatic rings. The molecule has 0 atom stereocenters. The summed E-state index contributed by atoms with van der Waals surface area (Å²) in [5.74, 6) is -1.23. The van der Waals surface area contributed by atoms with Crippen LogP contribution in [0.5, 0.6) is 5.75 Å². The molecule has 2 aromatic carbocycles. The molecule has 0 fully saturated rings. The number of hydrogen-bond donors (Lipinski definition) is 1. The summed E-state index contributed by atoms with van der Waals surface area (Å²) >= 11 is 0. The lowest BCUT2D eigenvalue weighted by molar-refractivity contribution is -0.384. The number of para-hydroxylation sites is 1. The van der Waals surface area contributed by atoms with E-state index in [2.05, 4.69) is 4.74 Å². The highest BCUT2D eigenvalue weighted by Crippen LogP contribution is 2.32. The molecule has 0 spiro atoms. The van der Waals surface area contributed by atoms with Gasteiger partial charge >= 0.3 is 6.36 Å². The molecule has 0 aliphatic rings. The number of nitro groups is 1. The first-order chi connectivity index (χ1) is 12.1. The lowest BCUT2D eigenvalue weighted by atomic mass is 10.1. The molecule has 1 amide bonds. The van der Waals surface area contributed by atoms with Crippen molar-refractivity contribution in [2.45, 2.75) is 12.9 Å². The van der Waals surface area contributed by atoms with Crippen molar-refractivity contribution >= 4 is 17.3 Å². The summed E-state index contributed by atoms with van der Waals surface area (Å²) in [5.41, 5.74) is 4.97. The number of anilines is 1. The fraction of sp³-hybridized carbons (Fsp3) is 0.188. The molecule has 26 heavy (non-hydrogen) atoms. The molecular formula is C16H14F3N3O4. The van der Waals surface area contributed by atoms with Crippen LogP contribution in [0.3, 0.4) is 0 Å². The third kappa shape index (κ3) is 4.62. The Bertz CT molecular complexity index is 840. The molecule has 138 valence electrons. The van der Waals surface area contributed by atoms with Crippen molar-refractivity contribution < 1.29 is 27.6 Å². The zero-order chi connectivity index (χ0) is 19.5. The Hall–Kier alpha value is -3.30. The van der Waals surface area contributed by atoms with E-state index in [9.17, 15) is 28.1 Å². The van der Waals surface area contributed by atoms with Gasteiger partial charge in [-0.3, -0.25) is 14.9 Å². The summed E-state index contributed by atoms with van der Waals surface area (Å²) in [5, 5.41) is 11.3. The maximum atomic E-state index is 12.5. The van der Waals surface area contributed by atoms with Gasteiger partial charge in [0, 0.05) is 30.8 Å². The highest BCUT2D eigenvalue weighted by Gasteiger charge is 2.32. The molecule has 0 saturated carbocycles. The molecule has 2 N–H and O–H groups in total. The molecule has 0 unspecified atom stereocenters. The minimum atomic E-state index is -4.86. The van der Waals surface area contributed by atoms with Gasteiger partial charge in [0.25, 0.3) is 5.69 Å². The van der Waals surface area contributed by atoms with E-state index in [1.165, 1.54) is 42.3 Å². The Morgan fingerprint density at radius 1 is 1.27 bits per heavy atom. The number of benzene rings is 2. The number of nitrogens with two attached hydrogens (primary N) is 1. The Balaban J connectivity index is 2.35. The molecule has 10 heteroatoms. The largest absolute Gasteiger partial charge is 0.573 e. The van der Waals surface area contributed by atoms with Crippen molar-refractivity contribution in [2.75, 3.05) is 11.9 Å². The third-order valence-corrected chi connectivity index (χ3v) is 3.47. The molecule has 0 saturated heterocycles. The number of carbonyl (C=O) groups is 1. The number of carbonyl (C=O) groups excluding carboxylic acids is 1. The van der Waals surface area contributed by atoms with E-state index in [1.54, 1.807) is 0 Å². The van der Waals surface area contributed by atoms with Gasteiger partial charge in [-0.25, -0.2) is 0 Å². The summed E-state index contributed by atoms with van der Waals surface area (Å²) in [7, 11) is 1.47. The van der Waals surface area contributed by atoms with Gasteiger partial charge in [-0.2, -0.15) is 0 Å². The van der Waals surface area contributed by atoms with Crippen molar-refractivity contribution in [1.82, 2.24) is 0 Å². The summed E-state index contributed by atoms with van der Waals surface area (Å²) in [6.45, 7) is -0.0942. The van der Waals surface area contributed by atoms with Crippen LogP contribution in [0.1, 0.15) is 15.9 Å². The average molecular weight is 369 g/mol. The predicted octanol–water partition coefficient (Wildman–Crippen LogP) is 3.23. The van der Waals surface area contributed by atoms with Gasteiger partial charge in [0.05, 0.1) is 4.92 Å². The van der Waals surface area contributed by atoms with Crippen LogP contribution in [0.4, 0.5) is 24.5 Å². The van der Waals surface area contributed by atoms with Crippen molar-refractivity contribution in [3.05, 3.63) is 63.7 Å². The van der Waals surface area contributed by atoms with Gasteiger partial charge in [0.15, 0.2) is 0 Å². The second-order valence-electron chi connectivity index (χ2n) is 5.34. The monoisotopic (exact) mass is 369 g/mol. The number of nitro benzene ring substituents is 1. The zero-order valence-electron chi connectivity index (χ0n) is 13.5. The molecule has 0 bridgehead atoms. The number of hydrogen-bond acceptors (Lipinski definition) is 5. The fourth-order valence-corrected chi connectivity index (χ4v) is 2.35. The van der Waals surface area contributed by atoms with Crippen LogP contribution in [-0.4, -0.2) is 24.2 Å². The van der Waals surface area contributed by atoms with Crippen molar-refractivity contribution in [3.8, 4) is 5.75 Å². The van der Waals surface area contributed by atoms with Crippen molar-refractivity contribution in [3.63, 3.8) is 0 Å². The third-order valence-electron chi connectivity index (χ3n) is 3.47. The molecule has 7 nitrogen and oxygen atoms in total. The fourth-order valence-electron chi connectivity index (χ4n) is 2.35. The zero-order valence-corrected chi connectivity index (χ0v) is 13.5. The van der Waals surface area contributed by atoms with E-state index >= 15 is 0 Å². The molecule has 0 heterocycles. The maximum absolute atomic E-state index is 12.5. The molecule has 0 aliphatic carbocycles. The molecular weight excluding hydrogens is 355 g/mol. The first-order valence-corrected chi connectivity index (χ1v) is 7.21. The highest BCUT2D eigenvalue weighted by atomic mass is 19.4. The lowest BCUT2D eigenvalue weighted by Crippen LogP contribution is -2.22. The van der Waals surface area contributed by atoms with E-state index < -0.39 is 28.6 Å². The number of nitrogens with zero attached hydrogens (tertiary/aromatic N) is 2. The molecule has 0 aliphatic heterocycles. The van der Waals surface area contributed by atoms with Crippen molar-refractivity contribution in [2.24, 2.45) is 5.73 Å². The first kappa shape index (κ1) is 19.0. The second kappa shape index (κ2) is 7.30. The average Bonchev–Trinajstić information content (AvgIpc) is 2.54. The maximum Gasteiger partial charge on any atom is 0.573 e. The van der Waals surface area contributed by atoms with Crippen LogP contribution in [0, 0.1) is 10.1 Å². The van der Waals surface area contributed by atoms with Crippen LogP contribution in [-0.2, 0) is 6.54 Å². The Morgan fingerprint density at radius 3 is 2.50 bits per heavy atom. The SMILES string of the molecule is CN(Cc1ccccc1OC(F)(F)F)c1ccc(C(N)=O)cc1[N+](=O)[O-]. The van der Waals surface area contributed by atoms with Crippen LogP contribution in [0.25, 0.3) is 0 Å². The number of amides is 1. The number of rotatable bonds is 6. The molecule has 0 radical (unpaired) electrons. The van der Waals surface area contributed by atoms with Gasteiger partial charge in [-0.15, -0.1) is 13.2 Å². The second-order valence-corrected chi connectivity index (χ2v) is 5.34. The number of halogens is 3. The minimum absolute atomic E-state index is 0.0466. The molecule has 2 rings (SSSR count). The number of primary amides is 1. The Labute approximate surface area is 145 Å². The number of alkyl halides is 3. The van der Waals surface area contributed by atoms with Gasteiger partial charge in [-0.05, 0) is 18.2 Å². The van der Waals surface area contributed by atoms with Crippen LogP contribution >= 0.6 is 0 Å². The quantitative estimate of drug-likeness (QED) is 0.623. The smallest absolute Gasteiger partial charge is 0.405 e. The summed E-state index contributed by atoms with van der Waals surface area (Å²) in [6, 6.07) is 9.12. The minimum Gasteiger partial charge on any atom is -0.405 e. The standard InChI is InChI=1S/C16H14F3N3O4/c1-21(9-11-4-2-3-5-14(11)26-16(17,18)19)12-7-6-10(15(20)23)8-13(12)22(24)25/h2-8H,9H2,1H3,(H2,20,23). The predicted molar refractivity (Wildman–Crippen MR) is 86.8 cm³/mol. The van der Waals surface area contributed by atoms with Crippen LogP contribution in [0.15, 0.2) is 42.5 Å². The van der Waals surface area contributed by atoms with E-state index in [1.807, 2.05) is 0 Å². The van der Waals surface area contributed by atoms with Gasteiger partial charge < -0.3 is 15.4 Å². The van der Waals surface area contributed by atoms with Gasteiger partial charge in [0.2, 0.25) is 5.91 Å². The molecule has 0 aromatic heterocycles. The first-order valence-electron chi connectivity index (χ1n) is 7.21. The van der Waals surface area contributed by atoms with Crippen molar-refractivity contribution in [1.29, 1.82) is 0 Å². The summed E-state index contributed by atoms with van der Waals surface area (Å²) < 4.78 is 41.5. The van der Waals surface area contributed by atoms with E-state index in [0.717, 1.165) is 12.1 Å². The Morgan fingerprint density at radius 2 is 1.92 bits per heavy atom. The summed E-state index contributed by atoms with van der Waals surface area (Å²) in [4.78, 5) is 23.1. The number of ether oxygens (including phenoxy) is 1. The van der Waals surface area contributed by atoms with Crippen LogP contribution in [0.2, 0.25) is 0 Å². The van der Waals surface area contributed by atoms with Gasteiger partial charge in [-0.1, -0.05) is 18.2 Å². The topological polar surface area (TPSA) is 98.7 Å². The van der Waals surface area contributed by atoms with Gasteiger partial charge in [0.1, 0.15) is 11.4 Å². The summed E-state index contributed by atoms with van der Waals surface area (Å²) in [6.07, 6.45) is -4.86. The lowest BCUT2D eigenvalue weighted by Gasteiger charge is -2.21. The van der Waals surface area contributed by atoms with E-state index in [-0.39, 0.29) is 23.4 Å². The van der Waals surface area contributed by atoms with Crippen LogP contribution < -0.4 is 15.4 Å².